The number of rotatable bonds is 5. The van der Waals surface area contributed by atoms with Crippen LogP contribution in [0.25, 0.3) is 0 Å². The van der Waals surface area contributed by atoms with Crippen LogP contribution < -0.4 is 11.1 Å². The predicted molar refractivity (Wildman–Crippen MR) is 67.8 cm³/mol. The Morgan fingerprint density at radius 1 is 1.35 bits per heavy atom. The van der Waals surface area contributed by atoms with Crippen LogP contribution in [0, 0.1) is 5.92 Å². The first kappa shape index (κ1) is 14.3. The van der Waals surface area contributed by atoms with E-state index in [9.17, 15) is 4.79 Å². The average molecular weight is 243 g/mol. The van der Waals surface area contributed by atoms with Crippen molar-refractivity contribution in [3.63, 3.8) is 0 Å². The smallest absolute Gasteiger partial charge is 0.317 e. The van der Waals surface area contributed by atoms with Crippen molar-refractivity contribution < 1.29 is 9.53 Å². The Bertz CT molecular complexity index is 226. The van der Waals surface area contributed by atoms with Crippen LogP contribution in [0.5, 0.6) is 0 Å². The van der Waals surface area contributed by atoms with Gasteiger partial charge in [0.25, 0.3) is 0 Å². The molecule has 5 heteroatoms. The second-order valence-corrected chi connectivity index (χ2v) is 4.53. The average Bonchev–Trinajstić information content (AvgIpc) is 2.38. The summed E-state index contributed by atoms with van der Waals surface area (Å²) in [5, 5.41) is 2.91. The second kappa shape index (κ2) is 7.50. The van der Waals surface area contributed by atoms with Gasteiger partial charge in [-0.1, -0.05) is 26.7 Å². The number of nitrogens with one attached hydrogen (secondary N) is 1. The van der Waals surface area contributed by atoms with Gasteiger partial charge in [-0.05, 0) is 5.92 Å². The third-order valence-electron chi connectivity index (χ3n) is 3.44. The summed E-state index contributed by atoms with van der Waals surface area (Å²) in [6, 6.07) is 0.0321. The summed E-state index contributed by atoms with van der Waals surface area (Å²) in [7, 11) is 0. The van der Waals surface area contributed by atoms with Gasteiger partial charge in [0.1, 0.15) is 0 Å². The lowest BCUT2D eigenvalue weighted by Crippen LogP contribution is -2.50. The highest BCUT2D eigenvalue weighted by atomic mass is 16.5. The van der Waals surface area contributed by atoms with Crippen molar-refractivity contribution in [3.8, 4) is 0 Å². The molecule has 0 spiro atoms. The Morgan fingerprint density at radius 2 is 1.94 bits per heavy atom. The van der Waals surface area contributed by atoms with Crippen LogP contribution in [-0.4, -0.2) is 49.8 Å². The van der Waals surface area contributed by atoms with Crippen LogP contribution in [0.1, 0.15) is 26.7 Å². The van der Waals surface area contributed by atoms with E-state index in [2.05, 4.69) is 19.2 Å². The van der Waals surface area contributed by atoms with E-state index >= 15 is 0 Å². The molecule has 0 aromatic heterocycles. The number of nitrogens with zero attached hydrogens (tertiary/aromatic N) is 1. The van der Waals surface area contributed by atoms with E-state index in [4.69, 9.17) is 10.5 Å². The Kier molecular flexibility index (Phi) is 6.29. The monoisotopic (exact) mass is 243 g/mol. The Hall–Kier alpha value is -0.810. The van der Waals surface area contributed by atoms with Crippen molar-refractivity contribution >= 4 is 6.03 Å². The number of hydrogen-bond acceptors (Lipinski definition) is 3. The number of amides is 2. The summed E-state index contributed by atoms with van der Waals surface area (Å²) in [6.07, 6.45) is 2.12. The Morgan fingerprint density at radius 3 is 2.47 bits per heavy atom. The molecule has 0 aromatic carbocycles. The van der Waals surface area contributed by atoms with Gasteiger partial charge < -0.3 is 20.7 Å². The lowest BCUT2D eigenvalue weighted by atomic mass is 9.95. The molecule has 1 fully saturated rings. The maximum Gasteiger partial charge on any atom is 0.317 e. The first-order valence-corrected chi connectivity index (χ1v) is 6.55. The van der Waals surface area contributed by atoms with Crippen molar-refractivity contribution in [3.05, 3.63) is 0 Å². The third kappa shape index (κ3) is 4.52. The van der Waals surface area contributed by atoms with E-state index in [0.29, 0.717) is 38.8 Å². The minimum absolute atomic E-state index is 0.0188. The minimum atomic E-state index is -0.0188. The van der Waals surface area contributed by atoms with E-state index < -0.39 is 0 Å². The zero-order chi connectivity index (χ0) is 12.7. The predicted octanol–water partition coefficient (Wildman–Crippen LogP) is 0.792. The fourth-order valence-corrected chi connectivity index (χ4v) is 2.14. The molecule has 5 nitrogen and oxygen atoms in total. The number of carbonyl (C=O) groups excluding carboxylic acids is 1. The first-order chi connectivity index (χ1) is 8.19. The highest BCUT2D eigenvalue weighted by molar-refractivity contribution is 5.74. The molecule has 2 amide bonds. The van der Waals surface area contributed by atoms with Crippen LogP contribution in [0.2, 0.25) is 0 Å². The molecule has 1 saturated heterocycles. The number of ether oxygens (including phenoxy) is 1. The molecular formula is C12H25N3O2. The van der Waals surface area contributed by atoms with E-state index in [1.165, 1.54) is 0 Å². The molecule has 1 aliphatic heterocycles. The second-order valence-electron chi connectivity index (χ2n) is 4.53. The molecule has 0 aliphatic carbocycles. The van der Waals surface area contributed by atoms with Crippen molar-refractivity contribution in [2.24, 2.45) is 11.7 Å². The van der Waals surface area contributed by atoms with Crippen LogP contribution in [0.4, 0.5) is 4.79 Å². The number of urea groups is 1. The van der Waals surface area contributed by atoms with Crippen molar-refractivity contribution in [2.45, 2.75) is 32.7 Å². The summed E-state index contributed by atoms with van der Waals surface area (Å²) < 4.78 is 5.20. The largest absolute Gasteiger partial charge is 0.378 e. The standard InChI is InChI=1S/C12H25N3O2/c1-3-10(4-2)11(13)9-14-12(16)15-5-7-17-8-6-15/h10-11H,3-9,13H2,1-2H3,(H,14,16). The topological polar surface area (TPSA) is 67.6 Å². The van der Waals surface area contributed by atoms with E-state index in [1.807, 2.05) is 0 Å². The summed E-state index contributed by atoms with van der Waals surface area (Å²) in [6.45, 7) is 7.44. The van der Waals surface area contributed by atoms with Gasteiger partial charge in [0.2, 0.25) is 0 Å². The molecule has 0 radical (unpaired) electrons. The molecule has 3 N–H and O–H groups in total. The van der Waals surface area contributed by atoms with E-state index in [-0.39, 0.29) is 12.1 Å². The number of morpholine rings is 1. The van der Waals surface area contributed by atoms with Gasteiger partial charge in [0, 0.05) is 25.7 Å². The third-order valence-corrected chi connectivity index (χ3v) is 3.44. The fourth-order valence-electron chi connectivity index (χ4n) is 2.14. The highest BCUT2D eigenvalue weighted by Gasteiger charge is 2.19. The zero-order valence-corrected chi connectivity index (χ0v) is 10.9. The molecule has 1 heterocycles. The molecule has 1 rings (SSSR count). The molecule has 0 saturated carbocycles. The van der Waals surface area contributed by atoms with E-state index in [0.717, 1.165) is 12.8 Å². The SMILES string of the molecule is CCC(CC)C(N)CNC(=O)N1CCOCC1. The van der Waals surface area contributed by atoms with Gasteiger partial charge in [0.05, 0.1) is 13.2 Å². The van der Waals surface area contributed by atoms with Gasteiger partial charge in [-0.3, -0.25) is 0 Å². The van der Waals surface area contributed by atoms with Gasteiger partial charge in [-0.25, -0.2) is 4.79 Å². The Labute approximate surface area is 104 Å². The minimum Gasteiger partial charge on any atom is -0.378 e. The number of hydrogen-bond donors (Lipinski definition) is 2. The zero-order valence-electron chi connectivity index (χ0n) is 10.9. The van der Waals surface area contributed by atoms with Crippen LogP contribution >= 0.6 is 0 Å². The molecule has 100 valence electrons. The van der Waals surface area contributed by atoms with Gasteiger partial charge >= 0.3 is 6.03 Å². The molecule has 1 unspecified atom stereocenters. The Balaban J connectivity index is 2.26. The molecular weight excluding hydrogens is 218 g/mol. The maximum absolute atomic E-state index is 11.8. The molecule has 0 bridgehead atoms. The van der Waals surface area contributed by atoms with Gasteiger partial charge in [0.15, 0.2) is 0 Å². The lowest BCUT2D eigenvalue weighted by molar-refractivity contribution is 0.0530. The molecule has 17 heavy (non-hydrogen) atoms. The fraction of sp³-hybridized carbons (Fsp3) is 0.917. The first-order valence-electron chi connectivity index (χ1n) is 6.55. The van der Waals surface area contributed by atoms with Crippen LogP contribution in [0.15, 0.2) is 0 Å². The maximum atomic E-state index is 11.8. The lowest BCUT2D eigenvalue weighted by Gasteiger charge is -2.28. The van der Waals surface area contributed by atoms with Crippen molar-refractivity contribution in [2.75, 3.05) is 32.8 Å². The summed E-state index contributed by atoms with van der Waals surface area (Å²) in [5.41, 5.74) is 6.06. The summed E-state index contributed by atoms with van der Waals surface area (Å²) in [4.78, 5) is 13.6. The van der Waals surface area contributed by atoms with Crippen molar-refractivity contribution in [1.29, 1.82) is 0 Å². The highest BCUT2D eigenvalue weighted by Crippen LogP contribution is 2.10. The molecule has 1 atom stereocenters. The molecule has 1 aliphatic rings. The summed E-state index contributed by atoms with van der Waals surface area (Å²) >= 11 is 0. The summed E-state index contributed by atoms with van der Waals surface area (Å²) in [5.74, 6) is 0.486. The van der Waals surface area contributed by atoms with Gasteiger partial charge in [-0.2, -0.15) is 0 Å². The van der Waals surface area contributed by atoms with E-state index in [1.54, 1.807) is 4.90 Å². The number of carbonyl (C=O) groups is 1. The quantitative estimate of drug-likeness (QED) is 0.750. The molecule has 0 aromatic rings. The van der Waals surface area contributed by atoms with Gasteiger partial charge in [-0.15, -0.1) is 0 Å². The normalized spacial score (nSPS) is 18.2. The van der Waals surface area contributed by atoms with Crippen LogP contribution in [-0.2, 0) is 4.74 Å². The van der Waals surface area contributed by atoms with Crippen LogP contribution in [0.3, 0.4) is 0 Å². The number of nitrogens with two attached hydrogens (primary N) is 1. The van der Waals surface area contributed by atoms with Crippen molar-refractivity contribution in [1.82, 2.24) is 10.2 Å².